The lowest BCUT2D eigenvalue weighted by Gasteiger charge is -2.26. The number of amides is 1. The van der Waals surface area contributed by atoms with Crippen molar-refractivity contribution in [2.75, 3.05) is 30.3 Å². The summed E-state index contributed by atoms with van der Waals surface area (Å²) < 4.78 is 22.6. The van der Waals surface area contributed by atoms with Crippen molar-refractivity contribution in [1.29, 1.82) is 0 Å². The van der Waals surface area contributed by atoms with E-state index in [4.69, 9.17) is 17.3 Å². The molecule has 1 saturated heterocycles. The number of hydrogen-bond acceptors (Lipinski definition) is 5. The Labute approximate surface area is 110 Å². The second kappa shape index (κ2) is 4.74. The normalized spacial score (nSPS) is 18.6. The molecule has 1 amide bonds. The van der Waals surface area contributed by atoms with Crippen LogP contribution in [0.1, 0.15) is 10.4 Å². The van der Waals surface area contributed by atoms with Gasteiger partial charge in [0.25, 0.3) is 5.91 Å². The summed E-state index contributed by atoms with van der Waals surface area (Å²) >= 11 is 5.83. The van der Waals surface area contributed by atoms with Crippen LogP contribution in [0.5, 0.6) is 0 Å². The van der Waals surface area contributed by atoms with E-state index in [1.54, 1.807) is 0 Å². The molecule has 0 atom stereocenters. The monoisotopic (exact) mass is 289 g/mol. The molecule has 2 heterocycles. The summed E-state index contributed by atoms with van der Waals surface area (Å²) in [5.41, 5.74) is 6.09. The van der Waals surface area contributed by atoms with Gasteiger partial charge in [-0.25, -0.2) is 13.4 Å². The Kier molecular flexibility index (Phi) is 3.45. The smallest absolute Gasteiger partial charge is 0.257 e. The average Bonchev–Trinajstić information content (AvgIpc) is 2.31. The van der Waals surface area contributed by atoms with Crippen molar-refractivity contribution >= 4 is 33.0 Å². The van der Waals surface area contributed by atoms with Crippen LogP contribution >= 0.6 is 11.6 Å². The van der Waals surface area contributed by atoms with Crippen molar-refractivity contribution in [3.8, 4) is 0 Å². The van der Waals surface area contributed by atoms with E-state index >= 15 is 0 Å². The molecule has 8 heteroatoms. The highest BCUT2D eigenvalue weighted by molar-refractivity contribution is 7.91. The molecule has 0 saturated carbocycles. The first-order valence-corrected chi connectivity index (χ1v) is 7.50. The number of sulfone groups is 1. The molecule has 6 nitrogen and oxygen atoms in total. The Morgan fingerprint density at radius 3 is 2.61 bits per heavy atom. The van der Waals surface area contributed by atoms with E-state index in [9.17, 15) is 13.2 Å². The maximum atomic E-state index is 12.1. The van der Waals surface area contributed by atoms with Crippen molar-refractivity contribution in [3.63, 3.8) is 0 Å². The SMILES string of the molecule is Nc1cnc(Cl)c(C(=O)N2CCS(=O)(=O)CC2)c1. The summed E-state index contributed by atoms with van der Waals surface area (Å²) in [4.78, 5) is 17.4. The number of pyridine rings is 1. The molecule has 1 aromatic rings. The number of rotatable bonds is 1. The fourth-order valence-electron chi connectivity index (χ4n) is 1.70. The van der Waals surface area contributed by atoms with Gasteiger partial charge >= 0.3 is 0 Å². The van der Waals surface area contributed by atoms with E-state index in [1.807, 2.05) is 0 Å². The molecule has 0 aliphatic carbocycles. The average molecular weight is 290 g/mol. The van der Waals surface area contributed by atoms with Gasteiger partial charge in [-0.2, -0.15) is 0 Å². The Hall–Kier alpha value is -1.34. The molecule has 0 radical (unpaired) electrons. The summed E-state index contributed by atoms with van der Waals surface area (Å²) in [5, 5.41) is 0.0719. The van der Waals surface area contributed by atoms with Gasteiger partial charge in [0, 0.05) is 13.1 Å². The van der Waals surface area contributed by atoms with Gasteiger partial charge in [-0.05, 0) is 6.07 Å². The molecule has 1 aromatic heterocycles. The molecule has 2 N–H and O–H groups in total. The van der Waals surface area contributed by atoms with Gasteiger partial charge in [-0.15, -0.1) is 0 Å². The molecule has 2 rings (SSSR count). The minimum absolute atomic E-state index is 0.0217. The molecule has 0 spiro atoms. The Bertz CT molecular complexity index is 574. The predicted octanol–water partition coefficient (Wildman–Crippen LogP) is 0.188. The molecule has 1 aliphatic rings. The number of carbonyl (C=O) groups excluding carboxylic acids is 1. The Morgan fingerprint density at radius 2 is 2.00 bits per heavy atom. The number of carbonyl (C=O) groups is 1. The van der Waals surface area contributed by atoms with Crippen molar-refractivity contribution < 1.29 is 13.2 Å². The minimum atomic E-state index is -3.02. The van der Waals surface area contributed by atoms with Gasteiger partial charge in [0.05, 0.1) is 29.0 Å². The number of halogens is 1. The largest absolute Gasteiger partial charge is 0.397 e. The van der Waals surface area contributed by atoms with Gasteiger partial charge in [-0.3, -0.25) is 4.79 Å². The highest BCUT2D eigenvalue weighted by Crippen LogP contribution is 2.18. The van der Waals surface area contributed by atoms with Crippen LogP contribution < -0.4 is 5.73 Å². The Balaban J connectivity index is 2.20. The number of hydrogen-bond donors (Lipinski definition) is 1. The summed E-state index contributed by atoms with van der Waals surface area (Å²) in [7, 11) is -3.02. The van der Waals surface area contributed by atoms with Gasteiger partial charge < -0.3 is 10.6 Å². The lowest BCUT2D eigenvalue weighted by molar-refractivity contribution is 0.0770. The summed E-state index contributed by atoms with van der Waals surface area (Å²) in [5.74, 6) is -0.382. The van der Waals surface area contributed by atoms with Gasteiger partial charge in [0.15, 0.2) is 9.84 Å². The maximum Gasteiger partial charge on any atom is 0.257 e. The third-order valence-corrected chi connectivity index (χ3v) is 4.63. The van der Waals surface area contributed by atoms with E-state index in [0.29, 0.717) is 5.69 Å². The van der Waals surface area contributed by atoms with Gasteiger partial charge in [0.1, 0.15) is 5.15 Å². The summed E-state index contributed by atoms with van der Waals surface area (Å²) in [6.45, 7) is 0.346. The third-order valence-electron chi connectivity index (χ3n) is 2.72. The lowest BCUT2D eigenvalue weighted by atomic mass is 10.2. The molecule has 0 aromatic carbocycles. The van der Waals surface area contributed by atoms with Gasteiger partial charge in [0.2, 0.25) is 0 Å². The number of anilines is 1. The molecule has 0 unspecified atom stereocenters. The van der Waals surface area contributed by atoms with Crippen LogP contribution in [0.4, 0.5) is 5.69 Å². The van der Waals surface area contributed by atoms with Crippen LogP contribution in [0.25, 0.3) is 0 Å². The first-order chi connectivity index (χ1) is 8.39. The van der Waals surface area contributed by atoms with Crippen LogP contribution in [-0.2, 0) is 9.84 Å². The number of nitrogen functional groups attached to an aromatic ring is 1. The molecule has 1 aliphatic heterocycles. The fourth-order valence-corrected chi connectivity index (χ4v) is 3.09. The van der Waals surface area contributed by atoms with E-state index < -0.39 is 9.84 Å². The van der Waals surface area contributed by atoms with E-state index in [-0.39, 0.29) is 41.2 Å². The highest BCUT2D eigenvalue weighted by Gasteiger charge is 2.27. The third kappa shape index (κ3) is 2.73. The minimum Gasteiger partial charge on any atom is -0.397 e. The van der Waals surface area contributed by atoms with Crippen molar-refractivity contribution in [3.05, 3.63) is 23.0 Å². The quantitative estimate of drug-likeness (QED) is 0.745. The van der Waals surface area contributed by atoms with Crippen LogP contribution in [0.15, 0.2) is 12.3 Å². The number of nitrogens with two attached hydrogens (primary N) is 1. The van der Waals surface area contributed by atoms with E-state index in [0.717, 1.165) is 0 Å². The zero-order valence-corrected chi connectivity index (χ0v) is 11.0. The topological polar surface area (TPSA) is 93.4 Å². The summed E-state index contributed by atoms with van der Waals surface area (Å²) in [6.07, 6.45) is 1.36. The van der Waals surface area contributed by atoms with Crippen LogP contribution in [0, 0.1) is 0 Å². The molecule has 18 heavy (non-hydrogen) atoms. The van der Waals surface area contributed by atoms with Crippen LogP contribution in [0.2, 0.25) is 5.15 Å². The first kappa shape index (κ1) is 13.1. The fraction of sp³-hybridized carbons (Fsp3) is 0.400. The first-order valence-electron chi connectivity index (χ1n) is 5.30. The number of nitrogens with zero attached hydrogens (tertiary/aromatic N) is 2. The zero-order chi connectivity index (χ0) is 13.3. The second-order valence-corrected chi connectivity index (χ2v) is 6.71. The molecular formula is C10H12ClN3O3S. The van der Waals surface area contributed by atoms with Crippen molar-refractivity contribution in [2.45, 2.75) is 0 Å². The zero-order valence-electron chi connectivity index (χ0n) is 9.47. The standard InChI is InChI=1S/C10H12ClN3O3S/c11-9-8(5-7(12)6-13-9)10(15)14-1-3-18(16,17)4-2-14/h5-6H,1-4,12H2. The van der Waals surface area contributed by atoms with E-state index in [2.05, 4.69) is 4.98 Å². The van der Waals surface area contributed by atoms with Crippen molar-refractivity contribution in [2.24, 2.45) is 0 Å². The molecule has 1 fully saturated rings. The lowest BCUT2D eigenvalue weighted by Crippen LogP contribution is -2.43. The van der Waals surface area contributed by atoms with E-state index in [1.165, 1.54) is 17.2 Å². The van der Waals surface area contributed by atoms with Crippen LogP contribution in [0.3, 0.4) is 0 Å². The van der Waals surface area contributed by atoms with Crippen LogP contribution in [-0.4, -0.2) is 48.8 Å². The predicted molar refractivity (Wildman–Crippen MR) is 68.2 cm³/mol. The summed E-state index contributed by atoms with van der Waals surface area (Å²) in [6, 6.07) is 1.45. The molecular weight excluding hydrogens is 278 g/mol. The highest BCUT2D eigenvalue weighted by atomic mass is 35.5. The van der Waals surface area contributed by atoms with Gasteiger partial charge in [-0.1, -0.05) is 11.6 Å². The molecule has 98 valence electrons. The Morgan fingerprint density at radius 1 is 1.39 bits per heavy atom. The number of aromatic nitrogens is 1. The molecule has 0 bridgehead atoms. The second-order valence-electron chi connectivity index (χ2n) is 4.05. The maximum absolute atomic E-state index is 12.1. The van der Waals surface area contributed by atoms with Crippen molar-refractivity contribution in [1.82, 2.24) is 9.88 Å².